The topological polar surface area (TPSA) is 77.7 Å². The molecule has 1 fully saturated rings. The third-order valence-corrected chi connectivity index (χ3v) is 4.70. The van der Waals surface area contributed by atoms with E-state index in [1.165, 1.54) is 0 Å². The number of hydrogen-bond donors (Lipinski definition) is 1. The number of thiazole rings is 1. The van der Waals surface area contributed by atoms with Gasteiger partial charge in [-0.15, -0.1) is 23.7 Å². The van der Waals surface area contributed by atoms with E-state index in [4.69, 9.17) is 15.2 Å². The zero-order chi connectivity index (χ0) is 16.1. The lowest BCUT2D eigenvalue weighted by atomic mass is 10.2. The van der Waals surface area contributed by atoms with Gasteiger partial charge in [0.1, 0.15) is 10.8 Å². The van der Waals surface area contributed by atoms with Gasteiger partial charge in [-0.3, -0.25) is 0 Å². The average Bonchev–Trinajstić information content (AvgIpc) is 3.27. The molecule has 1 aliphatic heterocycles. The molecule has 2 heterocycles. The molecule has 1 amide bonds. The summed E-state index contributed by atoms with van der Waals surface area (Å²) in [4.78, 5) is 18.8. The zero-order valence-electron chi connectivity index (χ0n) is 13.1. The van der Waals surface area contributed by atoms with Crippen LogP contribution in [0.4, 0.5) is 4.79 Å². The van der Waals surface area contributed by atoms with Gasteiger partial charge in [0, 0.05) is 36.3 Å². The highest BCUT2D eigenvalue weighted by atomic mass is 35.5. The predicted molar refractivity (Wildman–Crippen MR) is 95.5 cm³/mol. The number of rotatable bonds is 5. The molecule has 2 N–H and O–H groups in total. The summed E-state index contributed by atoms with van der Waals surface area (Å²) in [6.07, 6.45) is 3.57. The molecule has 0 saturated carbocycles. The maximum atomic E-state index is 11.7. The van der Waals surface area contributed by atoms with Gasteiger partial charge in [0.2, 0.25) is 6.79 Å². The van der Waals surface area contributed by atoms with E-state index in [1.807, 2.05) is 24.3 Å². The van der Waals surface area contributed by atoms with Crippen LogP contribution in [0.1, 0.15) is 17.7 Å². The van der Waals surface area contributed by atoms with Gasteiger partial charge < -0.3 is 20.1 Å². The van der Waals surface area contributed by atoms with Crippen LogP contribution >= 0.6 is 23.7 Å². The molecule has 0 radical (unpaired) electrons. The van der Waals surface area contributed by atoms with Crippen LogP contribution in [0.15, 0.2) is 30.5 Å². The molecule has 130 valence electrons. The van der Waals surface area contributed by atoms with E-state index in [9.17, 15) is 4.79 Å². The molecular formula is C16H20ClN3O3S. The number of nitrogens with zero attached hydrogens (tertiary/aromatic N) is 2. The smallest absolute Gasteiger partial charge is 0.412 e. The van der Waals surface area contributed by atoms with Crippen molar-refractivity contribution in [3.8, 4) is 16.3 Å². The lowest BCUT2D eigenvalue weighted by Crippen LogP contribution is -2.29. The standard InChI is InChI=1S/C16H19N3O3S.ClH/c17-9-14-10-18-15(23-14)12-3-5-13(6-4-12)21-11-22-16(20)19-7-1-2-8-19;/h3-6,10H,1-2,7-9,11,17H2;1H. The van der Waals surface area contributed by atoms with Crippen molar-refractivity contribution >= 4 is 29.8 Å². The summed E-state index contributed by atoms with van der Waals surface area (Å²) in [5, 5.41) is 0.928. The first-order valence-electron chi connectivity index (χ1n) is 7.56. The molecule has 1 aromatic carbocycles. The van der Waals surface area contributed by atoms with E-state index in [-0.39, 0.29) is 25.3 Å². The average molecular weight is 370 g/mol. The van der Waals surface area contributed by atoms with Crippen LogP contribution in [0.3, 0.4) is 0 Å². The Kier molecular flexibility index (Phi) is 6.84. The summed E-state index contributed by atoms with van der Waals surface area (Å²) in [5.41, 5.74) is 6.61. The molecule has 0 aliphatic carbocycles. The third kappa shape index (κ3) is 4.59. The molecule has 2 aromatic rings. The fraction of sp³-hybridized carbons (Fsp3) is 0.375. The zero-order valence-corrected chi connectivity index (χ0v) is 14.8. The molecule has 0 unspecified atom stereocenters. The van der Waals surface area contributed by atoms with Gasteiger partial charge in [-0.2, -0.15) is 0 Å². The largest absolute Gasteiger partial charge is 0.457 e. The van der Waals surface area contributed by atoms with Gasteiger partial charge in [-0.05, 0) is 37.1 Å². The Balaban J connectivity index is 0.00000208. The van der Waals surface area contributed by atoms with Gasteiger partial charge in [-0.25, -0.2) is 9.78 Å². The predicted octanol–water partition coefficient (Wildman–Crippen LogP) is 3.26. The molecule has 0 bridgehead atoms. The van der Waals surface area contributed by atoms with E-state index in [1.54, 1.807) is 22.4 Å². The molecule has 1 saturated heterocycles. The van der Waals surface area contributed by atoms with E-state index in [0.717, 1.165) is 41.4 Å². The van der Waals surface area contributed by atoms with Crippen LogP contribution in [-0.2, 0) is 11.3 Å². The van der Waals surface area contributed by atoms with Gasteiger partial charge >= 0.3 is 6.09 Å². The van der Waals surface area contributed by atoms with Gasteiger partial charge in [0.15, 0.2) is 0 Å². The summed E-state index contributed by atoms with van der Waals surface area (Å²) < 4.78 is 10.5. The molecular weight excluding hydrogens is 350 g/mol. The van der Waals surface area contributed by atoms with Crippen LogP contribution in [0.5, 0.6) is 5.75 Å². The molecule has 1 aliphatic rings. The van der Waals surface area contributed by atoms with Crippen molar-refractivity contribution in [1.29, 1.82) is 0 Å². The minimum Gasteiger partial charge on any atom is -0.457 e. The van der Waals surface area contributed by atoms with E-state index in [2.05, 4.69) is 4.98 Å². The molecule has 0 atom stereocenters. The number of halogens is 1. The molecule has 6 nitrogen and oxygen atoms in total. The van der Waals surface area contributed by atoms with Gasteiger partial charge in [-0.1, -0.05) is 0 Å². The lowest BCUT2D eigenvalue weighted by Gasteiger charge is -2.15. The molecule has 1 aromatic heterocycles. The number of likely N-dealkylation sites (tertiary alicyclic amines) is 1. The Morgan fingerprint density at radius 2 is 1.96 bits per heavy atom. The number of nitrogens with two attached hydrogens (primary N) is 1. The van der Waals surface area contributed by atoms with Crippen LogP contribution in [0.25, 0.3) is 10.6 Å². The first kappa shape index (κ1) is 18.5. The van der Waals surface area contributed by atoms with Crippen LogP contribution < -0.4 is 10.5 Å². The first-order valence-corrected chi connectivity index (χ1v) is 8.37. The van der Waals surface area contributed by atoms with Crippen molar-refractivity contribution in [3.05, 3.63) is 35.3 Å². The van der Waals surface area contributed by atoms with Crippen molar-refractivity contribution < 1.29 is 14.3 Å². The van der Waals surface area contributed by atoms with Gasteiger partial charge in [0.05, 0.1) is 0 Å². The second-order valence-corrected chi connectivity index (χ2v) is 6.34. The van der Waals surface area contributed by atoms with E-state index < -0.39 is 0 Å². The second kappa shape index (κ2) is 8.86. The molecule has 0 spiro atoms. The SMILES string of the molecule is Cl.NCc1cnc(-c2ccc(OCOC(=O)N3CCCC3)cc2)s1. The monoisotopic (exact) mass is 369 g/mol. The minimum atomic E-state index is -0.309. The summed E-state index contributed by atoms with van der Waals surface area (Å²) in [6, 6.07) is 7.53. The van der Waals surface area contributed by atoms with Crippen LogP contribution in [0, 0.1) is 0 Å². The van der Waals surface area contributed by atoms with Crippen LogP contribution in [0.2, 0.25) is 0 Å². The number of benzene rings is 1. The number of carbonyl (C=O) groups excluding carboxylic acids is 1. The quantitative estimate of drug-likeness (QED) is 0.818. The molecule has 8 heteroatoms. The lowest BCUT2D eigenvalue weighted by molar-refractivity contribution is 0.0391. The summed E-state index contributed by atoms with van der Waals surface area (Å²) in [5.74, 6) is 0.651. The fourth-order valence-electron chi connectivity index (χ4n) is 2.37. The Morgan fingerprint density at radius 3 is 2.58 bits per heavy atom. The molecule has 3 rings (SSSR count). The highest BCUT2D eigenvalue weighted by Crippen LogP contribution is 2.26. The number of amides is 1. The number of hydrogen-bond acceptors (Lipinski definition) is 6. The van der Waals surface area contributed by atoms with Crippen molar-refractivity contribution in [2.75, 3.05) is 19.9 Å². The summed E-state index contributed by atoms with van der Waals surface area (Å²) in [7, 11) is 0. The molecule has 24 heavy (non-hydrogen) atoms. The minimum absolute atomic E-state index is 0. The summed E-state index contributed by atoms with van der Waals surface area (Å²) in [6.45, 7) is 1.96. The van der Waals surface area contributed by atoms with E-state index in [0.29, 0.717) is 12.3 Å². The highest BCUT2D eigenvalue weighted by molar-refractivity contribution is 7.15. The second-order valence-electron chi connectivity index (χ2n) is 5.23. The number of ether oxygens (including phenoxy) is 2. The number of carbonyl (C=O) groups is 1. The highest BCUT2D eigenvalue weighted by Gasteiger charge is 2.18. The first-order chi connectivity index (χ1) is 11.3. The Hall–Kier alpha value is -1.83. The fourth-order valence-corrected chi connectivity index (χ4v) is 3.16. The Labute approximate surface area is 151 Å². The Morgan fingerprint density at radius 1 is 1.25 bits per heavy atom. The van der Waals surface area contributed by atoms with Crippen molar-refractivity contribution in [3.63, 3.8) is 0 Å². The summed E-state index contributed by atoms with van der Waals surface area (Å²) >= 11 is 1.58. The number of aromatic nitrogens is 1. The van der Waals surface area contributed by atoms with Gasteiger partial charge in [0.25, 0.3) is 0 Å². The van der Waals surface area contributed by atoms with Crippen LogP contribution in [-0.4, -0.2) is 35.9 Å². The van der Waals surface area contributed by atoms with Crippen molar-refractivity contribution in [2.45, 2.75) is 19.4 Å². The maximum Gasteiger partial charge on any atom is 0.412 e. The normalized spacial score (nSPS) is 13.5. The van der Waals surface area contributed by atoms with E-state index >= 15 is 0 Å². The van der Waals surface area contributed by atoms with Crippen molar-refractivity contribution in [1.82, 2.24) is 9.88 Å². The Bertz CT molecular complexity index is 657. The third-order valence-electron chi connectivity index (χ3n) is 3.63. The van der Waals surface area contributed by atoms with Crippen molar-refractivity contribution in [2.24, 2.45) is 5.73 Å². The maximum absolute atomic E-state index is 11.7.